The first-order chi connectivity index (χ1) is 9.16. The van der Waals surface area contributed by atoms with E-state index in [4.69, 9.17) is 0 Å². The second kappa shape index (κ2) is 8.93. The Balaban J connectivity index is 0.00000200. The van der Waals surface area contributed by atoms with E-state index in [2.05, 4.69) is 40.3 Å². The number of carbonyl (C=O) groups is 1. The molecule has 0 aliphatic carbocycles. The van der Waals surface area contributed by atoms with Gasteiger partial charge in [0.1, 0.15) is 0 Å². The molecule has 6 heteroatoms. The van der Waals surface area contributed by atoms with E-state index in [0.717, 1.165) is 29.9 Å². The lowest BCUT2D eigenvalue weighted by molar-refractivity contribution is -0.133. The van der Waals surface area contributed by atoms with Crippen LogP contribution in [0, 0.1) is 0 Å². The summed E-state index contributed by atoms with van der Waals surface area (Å²) in [6.45, 7) is 4.76. The van der Waals surface area contributed by atoms with Gasteiger partial charge < -0.3 is 10.2 Å². The zero-order valence-electron chi connectivity index (χ0n) is 11.5. The van der Waals surface area contributed by atoms with E-state index < -0.39 is 0 Å². The average Bonchev–Trinajstić information content (AvgIpc) is 2.41. The van der Waals surface area contributed by atoms with Crippen LogP contribution in [0.2, 0.25) is 0 Å². The lowest BCUT2D eigenvalue weighted by atomic mass is 10.2. The van der Waals surface area contributed by atoms with E-state index in [0.29, 0.717) is 12.5 Å². The Morgan fingerprint density at radius 2 is 2.15 bits per heavy atom. The molecule has 20 heavy (non-hydrogen) atoms. The number of benzene rings is 1. The van der Waals surface area contributed by atoms with E-state index in [1.807, 2.05) is 17.0 Å². The maximum absolute atomic E-state index is 12.1. The predicted molar refractivity (Wildman–Crippen MR) is 90.8 cm³/mol. The molecular weight excluding hydrogens is 360 g/mol. The molecule has 0 bridgehead atoms. The summed E-state index contributed by atoms with van der Waals surface area (Å²) >= 11 is 5.16. The Morgan fingerprint density at radius 3 is 2.80 bits per heavy atom. The van der Waals surface area contributed by atoms with Crippen LogP contribution in [0.5, 0.6) is 0 Å². The van der Waals surface area contributed by atoms with Gasteiger partial charge in [-0.05, 0) is 31.2 Å². The van der Waals surface area contributed by atoms with Gasteiger partial charge in [-0.2, -0.15) is 0 Å². The Morgan fingerprint density at radius 1 is 1.45 bits per heavy atom. The van der Waals surface area contributed by atoms with Crippen molar-refractivity contribution in [3.05, 3.63) is 28.7 Å². The molecule has 1 atom stereocenters. The van der Waals surface area contributed by atoms with Gasteiger partial charge in [-0.3, -0.25) is 4.79 Å². The molecule has 3 nitrogen and oxygen atoms in total. The molecule has 0 unspecified atom stereocenters. The fourth-order valence-corrected chi connectivity index (χ4v) is 3.25. The number of halogens is 2. The summed E-state index contributed by atoms with van der Waals surface area (Å²) in [5.74, 6) is 1.12. The molecule has 1 saturated heterocycles. The highest BCUT2D eigenvalue weighted by molar-refractivity contribution is 9.10. The molecule has 1 aliphatic rings. The molecule has 0 spiro atoms. The van der Waals surface area contributed by atoms with Gasteiger partial charge >= 0.3 is 0 Å². The topological polar surface area (TPSA) is 32.3 Å². The summed E-state index contributed by atoms with van der Waals surface area (Å²) in [7, 11) is 0. The first kappa shape index (κ1) is 17.8. The van der Waals surface area contributed by atoms with Crippen molar-refractivity contribution in [2.24, 2.45) is 0 Å². The first-order valence-corrected chi connectivity index (χ1v) is 8.33. The van der Waals surface area contributed by atoms with Crippen LogP contribution in [0.25, 0.3) is 0 Å². The van der Waals surface area contributed by atoms with Gasteiger partial charge in [-0.15, -0.1) is 24.2 Å². The molecule has 1 amide bonds. The first-order valence-electron chi connectivity index (χ1n) is 6.55. The quantitative estimate of drug-likeness (QED) is 0.816. The number of thioether (sulfide) groups is 1. The third kappa shape index (κ3) is 5.28. The van der Waals surface area contributed by atoms with Gasteiger partial charge in [0.2, 0.25) is 5.91 Å². The lowest BCUT2D eigenvalue weighted by Gasteiger charge is -2.34. The van der Waals surface area contributed by atoms with Crippen LogP contribution < -0.4 is 5.32 Å². The van der Waals surface area contributed by atoms with Crippen molar-refractivity contribution < 1.29 is 4.79 Å². The third-order valence-corrected chi connectivity index (χ3v) is 4.76. The van der Waals surface area contributed by atoms with Crippen LogP contribution in [0.3, 0.4) is 0 Å². The minimum atomic E-state index is 0. The van der Waals surface area contributed by atoms with Crippen molar-refractivity contribution in [2.75, 3.05) is 25.4 Å². The zero-order chi connectivity index (χ0) is 13.7. The molecule has 0 radical (unpaired) electrons. The maximum atomic E-state index is 12.1. The zero-order valence-corrected chi connectivity index (χ0v) is 14.7. The molecule has 1 aliphatic heterocycles. The third-order valence-electron chi connectivity index (χ3n) is 3.22. The maximum Gasteiger partial charge on any atom is 0.223 e. The van der Waals surface area contributed by atoms with Crippen molar-refractivity contribution in [2.45, 2.75) is 24.3 Å². The van der Waals surface area contributed by atoms with Gasteiger partial charge in [0.15, 0.2) is 0 Å². The van der Waals surface area contributed by atoms with Crippen molar-refractivity contribution >= 4 is 46.0 Å². The molecule has 2 rings (SSSR count). The van der Waals surface area contributed by atoms with Crippen molar-refractivity contribution in [3.8, 4) is 0 Å². The monoisotopic (exact) mass is 378 g/mol. The van der Waals surface area contributed by atoms with Gasteiger partial charge in [0, 0.05) is 47.2 Å². The van der Waals surface area contributed by atoms with Crippen molar-refractivity contribution in [1.82, 2.24) is 10.2 Å². The average molecular weight is 380 g/mol. The van der Waals surface area contributed by atoms with E-state index in [1.165, 1.54) is 4.90 Å². The molecule has 1 aromatic rings. The van der Waals surface area contributed by atoms with E-state index in [1.54, 1.807) is 11.8 Å². The summed E-state index contributed by atoms with van der Waals surface area (Å²) < 4.78 is 1.09. The largest absolute Gasteiger partial charge is 0.337 e. The highest BCUT2D eigenvalue weighted by atomic mass is 79.9. The standard InChI is InChI=1S/C14H19BrN2OS.ClH/c1-11-10-16-7-8-17(11)14(18)6-9-19-13-4-2-12(15)3-5-13;/h2-5,11,16H,6-10H2,1H3;1H/t11-;/m0./s1. The SMILES string of the molecule is C[C@H]1CNCCN1C(=O)CCSc1ccc(Br)cc1.Cl. The molecule has 1 heterocycles. The summed E-state index contributed by atoms with van der Waals surface area (Å²) in [5.41, 5.74) is 0. The molecular formula is C14H20BrClN2OS. The molecule has 1 fully saturated rings. The van der Waals surface area contributed by atoms with Crippen LogP contribution in [-0.4, -0.2) is 42.2 Å². The van der Waals surface area contributed by atoms with Gasteiger partial charge in [0.05, 0.1) is 0 Å². The fraction of sp³-hybridized carbons (Fsp3) is 0.500. The Bertz CT molecular complexity index is 430. The number of nitrogens with zero attached hydrogens (tertiary/aromatic N) is 1. The van der Waals surface area contributed by atoms with Gasteiger partial charge in [-0.1, -0.05) is 15.9 Å². The summed E-state index contributed by atoms with van der Waals surface area (Å²) in [5, 5.41) is 3.30. The lowest BCUT2D eigenvalue weighted by Crippen LogP contribution is -2.52. The second-order valence-electron chi connectivity index (χ2n) is 4.69. The number of amides is 1. The highest BCUT2D eigenvalue weighted by Crippen LogP contribution is 2.21. The minimum Gasteiger partial charge on any atom is -0.337 e. The number of rotatable bonds is 4. The summed E-state index contributed by atoms with van der Waals surface area (Å²) in [4.78, 5) is 15.3. The number of hydrogen-bond acceptors (Lipinski definition) is 3. The second-order valence-corrected chi connectivity index (χ2v) is 6.78. The number of carbonyl (C=O) groups excluding carboxylic acids is 1. The normalized spacial score (nSPS) is 18.5. The van der Waals surface area contributed by atoms with Crippen molar-refractivity contribution in [1.29, 1.82) is 0 Å². The van der Waals surface area contributed by atoms with Gasteiger partial charge in [-0.25, -0.2) is 0 Å². The van der Waals surface area contributed by atoms with Crippen LogP contribution in [0.15, 0.2) is 33.6 Å². The van der Waals surface area contributed by atoms with Crippen LogP contribution >= 0.6 is 40.1 Å². The van der Waals surface area contributed by atoms with E-state index in [-0.39, 0.29) is 18.3 Å². The van der Waals surface area contributed by atoms with E-state index >= 15 is 0 Å². The Kier molecular flexibility index (Phi) is 7.95. The van der Waals surface area contributed by atoms with Crippen LogP contribution in [0.4, 0.5) is 0 Å². The van der Waals surface area contributed by atoms with Crippen LogP contribution in [0.1, 0.15) is 13.3 Å². The minimum absolute atomic E-state index is 0. The molecule has 1 N–H and O–H groups in total. The number of nitrogens with one attached hydrogen (secondary N) is 1. The van der Waals surface area contributed by atoms with Gasteiger partial charge in [0.25, 0.3) is 0 Å². The summed E-state index contributed by atoms with van der Waals surface area (Å²) in [6, 6.07) is 8.53. The molecule has 0 aromatic heterocycles. The fourth-order valence-electron chi connectivity index (χ4n) is 2.14. The number of piperazine rings is 1. The predicted octanol–water partition coefficient (Wildman–Crippen LogP) is 3.17. The Hall–Kier alpha value is -0.230. The summed E-state index contributed by atoms with van der Waals surface area (Å²) in [6.07, 6.45) is 0.616. The Labute approximate surface area is 139 Å². The van der Waals surface area contributed by atoms with Crippen molar-refractivity contribution in [3.63, 3.8) is 0 Å². The molecule has 112 valence electrons. The highest BCUT2D eigenvalue weighted by Gasteiger charge is 2.22. The van der Waals surface area contributed by atoms with E-state index in [9.17, 15) is 4.79 Å². The van der Waals surface area contributed by atoms with Crippen LogP contribution in [-0.2, 0) is 4.79 Å². The smallest absolute Gasteiger partial charge is 0.223 e. The molecule has 1 aromatic carbocycles. The number of hydrogen-bond donors (Lipinski definition) is 1. The molecule has 0 saturated carbocycles.